The molecule has 2 N–H and O–H groups in total. The summed E-state index contributed by atoms with van der Waals surface area (Å²) in [7, 11) is 0. The first-order chi connectivity index (χ1) is 12.0. The Morgan fingerprint density at radius 3 is 2.04 bits per heavy atom. The quantitative estimate of drug-likeness (QED) is 0.434. The molecule has 0 bridgehead atoms. The van der Waals surface area contributed by atoms with E-state index in [2.05, 4.69) is 19.7 Å². The van der Waals surface area contributed by atoms with Crippen molar-refractivity contribution in [3.8, 4) is 0 Å². The molecule has 0 heterocycles. The van der Waals surface area contributed by atoms with Crippen LogP contribution in [0.2, 0.25) is 0 Å². The second kappa shape index (κ2) is 10.7. The summed E-state index contributed by atoms with van der Waals surface area (Å²) in [4.78, 5) is 0. The molecule has 0 rings (SSSR count). The minimum Gasteiger partial charge on any atom is -0.402 e. The monoisotopic (exact) mass is 365 g/mol. The van der Waals surface area contributed by atoms with E-state index in [1.165, 1.54) is 12.2 Å². The van der Waals surface area contributed by atoms with Gasteiger partial charge in [-0.15, -0.1) is 0 Å². The van der Waals surface area contributed by atoms with Crippen molar-refractivity contribution in [1.82, 2.24) is 0 Å². The second-order valence-corrected chi connectivity index (χ2v) is 6.16. The number of alkyl halides is 3. The Balaban J connectivity index is 5.81. The number of hydrogen-bond donors (Lipinski definition) is 1. The van der Waals surface area contributed by atoms with Crippen LogP contribution < -0.4 is 5.73 Å². The molecule has 0 aliphatic rings. The fraction of sp³-hybridized carbons (Fsp3) is 0.364. The normalized spacial score (nSPS) is 14.8. The second-order valence-electron chi connectivity index (χ2n) is 6.16. The molecular formula is C22H30F3N. The number of nitrogens with two attached hydrogens (primary N) is 1. The van der Waals surface area contributed by atoms with Crippen LogP contribution in [-0.2, 0) is 0 Å². The molecule has 0 spiro atoms. The molecule has 0 aromatic heterocycles. The number of rotatable bonds is 9. The molecular weight excluding hydrogens is 335 g/mol. The van der Waals surface area contributed by atoms with Gasteiger partial charge < -0.3 is 5.73 Å². The maximum atomic E-state index is 13.1. The van der Waals surface area contributed by atoms with Gasteiger partial charge in [-0.2, -0.15) is 13.2 Å². The topological polar surface area (TPSA) is 26.0 Å². The Bertz CT molecular complexity index is 668. The van der Waals surface area contributed by atoms with E-state index < -0.39 is 11.7 Å². The van der Waals surface area contributed by atoms with Crippen molar-refractivity contribution in [3.63, 3.8) is 0 Å². The van der Waals surface area contributed by atoms with Crippen molar-refractivity contribution in [2.75, 3.05) is 0 Å². The maximum absolute atomic E-state index is 13.1. The van der Waals surface area contributed by atoms with E-state index >= 15 is 0 Å². The third-order valence-corrected chi connectivity index (χ3v) is 3.89. The summed E-state index contributed by atoms with van der Waals surface area (Å²) in [6, 6.07) is 0. The third-order valence-electron chi connectivity index (χ3n) is 3.89. The first-order valence-corrected chi connectivity index (χ1v) is 8.59. The van der Waals surface area contributed by atoms with E-state index in [1.807, 2.05) is 20.8 Å². The molecule has 0 aliphatic carbocycles. The summed E-state index contributed by atoms with van der Waals surface area (Å²) in [6.07, 6.45) is 3.66. The van der Waals surface area contributed by atoms with Gasteiger partial charge in [0.25, 0.3) is 0 Å². The van der Waals surface area contributed by atoms with Gasteiger partial charge in [0.1, 0.15) is 0 Å². The zero-order valence-electron chi connectivity index (χ0n) is 16.3. The van der Waals surface area contributed by atoms with Crippen LogP contribution in [0.25, 0.3) is 0 Å². The van der Waals surface area contributed by atoms with Crippen LogP contribution in [0.1, 0.15) is 47.0 Å². The van der Waals surface area contributed by atoms with Gasteiger partial charge in [0.2, 0.25) is 0 Å². The molecule has 0 aliphatic heterocycles. The Morgan fingerprint density at radius 2 is 1.65 bits per heavy atom. The van der Waals surface area contributed by atoms with Gasteiger partial charge in [-0.3, -0.25) is 0 Å². The fourth-order valence-corrected chi connectivity index (χ4v) is 2.36. The summed E-state index contributed by atoms with van der Waals surface area (Å²) in [6.45, 7) is 18.4. The Hall–Kier alpha value is -2.23. The van der Waals surface area contributed by atoms with Crippen molar-refractivity contribution in [3.05, 3.63) is 83.2 Å². The van der Waals surface area contributed by atoms with Crippen LogP contribution in [0.5, 0.6) is 0 Å². The van der Waals surface area contributed by atoms with E-state index in [0.717, 1.165) is 28.8 Å². The summed E-state index contributed by atoms with van der Waals surface area (Å²) in [5.74, 6) is 0. The minimum atomic E-state index is -4.48. The average Bonchev–Trinajstić information content (AvgIpc) is 2.56. The van der Waals surface area contributed by atoms with Crippen LogP contribution in [0, 0.1) is 0 Å². The lowest BCUT2D eigenvalue weighted by molar-refractivity contribution is -0.0887. The van der Waals surface area contributed by atoms with E-state index in [-0.39, 0.29) is 5.57 Å². The Labute approximate surface area is 155 Å². The summed E-state index contributed by atoms with van der Waals surface area (Å²) < 4.78 is 39.2. The molecule has 0 atom stereocenters. The van der Waals surface area contributed by atoms with E-state index in [9.17, 15) is 13.2 Å². The van der Waals surface area contributed by atoms with Gasteiger partial charge in [-0.25, -0.2) is 0 Å². The number of allylic oxidation sites excluding steroid dienone is 11. The summed E-state index contributed by atoms with van der Waals surface area (Å²) in [5, 5.41) is 0. The highest BCUT2D eigenvalue weighted by Gasteiger charge is 2.34. The lowest BCUT2D eigenvalue weighted by Gasteiger charge is -2.15. The van der Waals surface area contributed by atoms with Gasteiger partial charge in [-0.1, -0.05) is 69.0 Å². The first kappa shape index (κ1) is 23.8. The minimum absolute atomic E-state index is 0.0581. The van der Waals surface area contributed by atoms with Crippen molar-refractivity contribution in [1.29, 1.82) is 0 Å². The highest BCUT2D eigenvalue weighted by atomic mass is 19.4. The van der Waals surface area contributed by atoms with Crippen LogP contribution in [0.15, 0.2) is 83.2 Å². The average molecular weight is 365 g/mol. The van der Waals surface area contributed by atoms with Crippen LogP contribution in [0.3, 0.4) is 0 Å². The van der Waals surface area contributed by atoms with E-state index in [0.29, 0.717) is 18.4 Å². The lowest BCUT2D eigenvalue weighted by Crippen LogP contribution is -2.13. The molecule has 0 aromatic rings. The van der Waals surface area contributed by atoms with Gasteiger partial charge in [-0.05, 0) is 49.8 Å². The zero-order valence-corrected chi connectivity index (χ0v) is 16.3. The molecule has 0 amide bonds. The van der Waals surface area contributed by atoms with Crippen LogP contribution in [0.4, 0.5) is 13.2 Å². The Morgan fingerprint density at radius 1 is 1.08 bits per heavy atom. The largest absolute Gasteiger partial charge is 0.416 e. The summed E-state index contributed by atoms with van der Waals surface area (Å²) in [5.41, 5.74) is 9.22. The predicted octanol–water partition coefficient (Wildman–Crippen LogP) is 7.09. The highest BCUT2D eigenvalue weighted by Crippen LogP contribution is 2.34. The molecule has 0 unspecified atom stereocenters. The van der Waals surface area contributed by atoms with E-state index in [1.54, 1.807) is 19.1 Å². The molecule has 0 fully saturated rings. The highest BCUT2D eigenvalue weighted by molar-refractivity contribution is 5.53. The van der Waals surface area contributed by atoms with Gasteiger partial charge in [0.05, 0.1) is 5.57 Å². The van der Waals surface area contributed by atoms with Crippen molar-refractivity contribution in [2.24, 2.45) is 5.73 Å². The van der Waals surface area contributed by atoms with Crippen LogP contribution >= 0.6 is 0 Å². The van der Waals surface area contributed by atoms with Gasteiger partial charge in [0, 0.05) is 5.70 Å². The third kappa shape index (κ3) is 7.34. The molecule has 4 heteroatoms. The number of halogens is 3. The zero-order chi connectivity index (χ0) is 20.5. The molecule has 0 aromatic carbocycles. The summed E-state index contributed by atoms with van der Waals surface area (Å²) >= 11 is 0. The SMILES string of the molecule is C=CC(=C\C=C(/C)C/C(C(=C)C)=C(\N)CC)/C(=C/CC)C(=C)C(F)(F)F. The first-order valence-electron chi connectivity index (χ1n) is 8.59. The predicted molar refractivity (Wildman–Crippen MR) is 107 cm³/mol. The molecule has 0 saturated carbocycles. The number of hydrogen-bond acceptors (Lipinski definition) is 1. The van der Waals surface area contributed by atoms with Gasteiger partial charge >= 0.3 is 6.18 Å². The molecule has 0 radical (unpaired) electrons. The van der Waals surface area contributed by atoms with E-state index in [4.69, 9.17) is 5.73 Å². The van der Waals surface area contributed by atoms with Gasteiger partial charge in [0.15, 0.2) is 0 Å². The lowest BCUT2D eigenvalue weighted by atomic mass is 9.95. The van der Waals surface area contributed by atoms with Crippen molar-refractivity contribution >= 4 is 0 Å². The Kier molecular flexibility index (Phi) is 9.77. The van der Waals surface area contributed by atoms with Crippen molar-refractivity contribution < 1.29 is 13.2 Å². The smallest absolute Gasteiger partial charge is 0.402 e. The molecule has 1 nitrogen and oxygen atoms in total. The standard InChI is InChI=1S/C22H30F3N/c1-8-11-19(17(7)22(23,24)25)18(9-2)13-12-16(6)14-20(15(4)5)21(26)10-3/h9,11-13H,2,4,7-8,10,14,26H2,1,3,5-6H3/b16-12+,18-13+,19-11+,21-20+. The van der Waals surface area contributed by atoms with Crippen LogP contribution in [-0.4, -0.2) is 6.18 Å². The van der Waals surface area contributed by atoms with Crippen molar-refractivity contribution in [2.45, 2.75) is 53.1 Å². The molecule has 0 saturated heterocycles. The molecule has 144 valence electrons. The molecule has 26 heavy (non-hydrogen) atoms. The maximum Gasteiger partial charge on any atom is 0.416 e. The fourth-order valence-electron chi connectivity index (χ4n) is 2.36.